The van der Waals surface area contributed by atoms with Gasteiger partial charge in [-0.05, 0) is 20.3 Å². The third kappa shape index (κ3) is 3.46. The van der Waals surface area contributed by atoms with Crippen molar-refractivity contribution in [3.63, 3.8) is 0 Å². The second-order valence-corrected chi connectivity index (χ2v) is 7.37. The summed E-state index contributed by atoms with van der Waals surface area (Å²) in [6.45, 7) is 2.92. The number of nitrogens with one attached hydrogen (secondary N) is 1. The van der Waals surface area contributed by atoms with Crippen molar-refractivity contribution in [1.82, 2.24) is 15.1 Å². The van der Waals surface area contributed by atoms with Gasteiger partial charge in [0, 0.05) is 12.1 Å². The second-order valence-electron chi connectivity index (χ2n) is 6.40. The summed E-state index contributed by atoms with van der Waals surface area (Å²) in [5, 5.41) is 11.4. The molecule has 1 aliphatic heterocycles. The highest BCUT2D eigenvalue weighted by Gasteiger charge is 2.56. The van der Waals surface area contributed by atoms with Crippen molar-refractivity contribution in [2.75, 3.05) is 11.9 Å². The van der Waals surface area contributed by atoms with E-state index in [1.807, 2.05) is 30.3 Å². The minimum Gasteiger partial charge on any atom is -0.319 e. The predicted octanol–water partition coefficient (Wildman–Crippen LogP) is 4.40. The number of carbonyl (C=O) groups excluding carboxylic acids is 1. The predicted molar refractivity (Wildman–Crippen MR) is 89.3 cm³/mol. The van der Waals surface area contributed by atoms with Gasteiger partial charge in [0.05, 0.1) is 11.5 Å². The van der Waals surface area contributed by atoms with Gasteiger partial charge < -0.3 is 4.90 Å². The SMILES string of the molecule is CC1(C)[C@@H](C(F)(F)F)CCN1C(=O)Nc1nnc(-c2ccccc2)s1. The standard InChI is InChI=1S/C16H17F3N4OS/c1-15(2)11(16(17,18)19)8-9-23(15)14(24)20-13-22-21-12(25-13)10-6-4-3-5-7-10/h3-7,11H,8-9H2,1-2H3,(H,20,22,24)/t11-/m0/s1. The summed E-state index contributed by atoms with van der Waals surface area (Å²) in [5.41, 5.74) is -0.450. The van der Waals surface area contributed by atoms with Gasteiger partial charge in [0.1, 0.15) is 5.01 Å². The van der Waals surface area contributed by atoms with E-state index in [9.17, 15) is 18.0 Å². The van der Waals surface area contributed by atoms with E-state index in [1.165, 1.54) is 30.1 Å². The molecule has 0 unspecified atom stereocenters. The molecule has 3 rings (SSSR count). The topological polar surface area (TPSA) is 58.1 Å². The van der Waals surface area contributed by atoms with Gasteiger partial charge in [-0.3, -0.25) is 5.32 Å². The van der Waals surface area contributed by atoms with Crippen LogP contribution < -0.4 is 5.32 Å². The lowest BCUT2D eigenvalue weighted by molar-refractivity contribution is -0.189. The zero-order valence-corrected chi connectivity index (χ0v) is 14.5. The van der Waals surface area contributed by atoms with Crippen molar-refractivity contribution in [1.29, 1.82) is 0 Å². The molecule has 1 fully saturated rings. The van der Waals surface area contributed by atoms with Gasteiger partial charge in [-0.15, -0.1) is 10.2 Å². The lowest BCUT2D eigenvalue weighted by Crippen LogP contribution is -2.51. The third-order valence-electron chi connectivity index (χ3n) is 4.49. The molecule has 0 radical (unpaired) electrons. The van der Waals surface area contributed by atoms with Crippen LogP contribution in [0.4, 0.5) is 23.1 Å². The third-order valence-corrected chi connectivity index (χ3v) is 5.38. The summed E-state index contributed by atoms with van der Waals surface area (Å²) in [4.78, 5) is 13.7. The average molecular weight is 370 g/mol. The van der Waals surface area contributed by atoms with Crippen LogP contribution in [0.3, 0.4) is 0 Å². The van der Waals surface area contributed by atoms with Crippen molar-refractivity contribution >= 4 is 22.5 Å². The van der Waals surface area contributed by atoms with Gasteiger partial charge in [-0.1, -0.05) is 41.7 Å². The maximum absolute atomic E-state index is 13.1. The van der Waals surface area contributed by atoms with Gasteiger partial charge in [-0.2, -0.15) is 13.2 Å². The molecule has 1 saturated heterocycles. The fraction of sp³-hybridized carbons (Fsp3) is 0.438. The van der Waals surface area contributed by atoms with Crippen LogP contribution in [-0.2, 0) is 0 Å². The fourth-order valence-electron chi connectivity index (χ4n) is 3.15. The Morgan fingerprint density at radius 3 is 2.56 bits per heavy atom. The minimum absolute atomic E-state index is 0.0490. The summed E-state index contributed by atoms with van der Waals surface area (Å²) in [6.07, 6.45) is -4.43. The first-order chi connectivity index (χ1) is 11.7. The summed E-state index contributed by atoms with van der Waals surface area (Å²) in [5.74, 6) is -1.54. The van der Waals surface area contributed by atoms with E-state index < -0.39 is 23.7 Å². The molecule has 2 amide bonds. The van der Waals surface area contributed by atoms with Crippen LogP contribution in [0.15, 0.2) is 30.3 Å². The van der Waals surface area contributed by atoms with E-state index in [2.05, 4.69) is 15.5 Å². The van der Waals surface area contributed by atoms with Crippen molar-refractivity contribution in [2.24, 2.45) is 5.92 Å². The second kappa shape index (κ2) is 6.29. The van der Waals surface area contributed by atoms with Gasteiger partial charge in [0.2, 0.25) is 5.13 Å². The van der Waals surface area contributed by atoms with Crippen molar-refractivity contribution in [3.8, 4) is 10.6 Å². The summed E-state index contributed by atoms with van der Waals surface area (Å²) < 4.78 is 39.4. The molecule has 2 aromatic rings. The first-order valence-corrected chi connectivity index (χ1v) is 8.55. The number of amides is 2. The summed E-state index contributed by atoms with van der Waals surface area (Å²) in [7, 11) is 0. The number of aromatic nitrogens is 2. The Morgan fingerprint density at radius 1 is 1.28 bits per heavy atom. The quantitative estimate of drug-likeness (QED) is 0.852. The molecule has 0 bridgehead atoms. The number of halogens is 3. The molecule has 2 heterocycles. The Hall–Kier alpha value is -2.16. The highest BCUT2D eigenvalue weighted by molar-refractivity contribution is 7.18. The fourth-order valence-corrected chi connectivity index (χ4v) is 3.88. The van der Waals surface area contributed by atoms with E-state index in [0.717, 1.165) is 5.56 Å². The number of anilines is 1. The number of benzene rings is 1. The molecule has 0 spiro atoms. The number of hydrogen-bond donors (Lipinski definition) is 1. The molecule has 0 saturated carbocycles. The molecule has 0 aliphatic carbocycles. The first-order valence-electron chi connectivity index (χ1n) is 7.74. The summed E-state index contributed by atoms with van der Waals surface area (Å²) in [6, 6.07) is 8.73. The molecule has 1 atom stereocenters. The van der Waals surface area contributed by atoms with E-state index in [-0.39, 0.29) is 18.1 Å². The Kier molecular flexibility index (Phi) is 4.44. The molecule has 1 N–H and O–H groups in total. The smallest absolute Gasteiger partial charge is 0.319 e. The maximum Gasteiger partial charge on any atom is 0.394 e. The van der Waals surface area contributed by atoms with Crippen LogP contribution in [0.5, 0.6) is 0 Å². The number of rotatable bonds is 2. The number of likely N-dealkylation sites (tertiary alicyclic amines) is 1. The number of urea groups is 1. The Labute approximate surface area is 146 Å². The lowest BCUT2D eigenvalue weighted by Gasteiger charge is -2.36. The molecule has 25 heavy (non-hydrogen) atoms. The molecule has 1 aliphatic rings. The van der Waals surface area contributed by atoms with Crippen LogP contribution >= 0.6 is 11.3 Å². The summed E-state index contributed by atoms with van der Waals surface area (Å²) >= 11 is 1.18. The van der Waals surface area contributed by atoms with Crippen LogP contribution in [0.25, 0.3) is 10.6 Å². The number of nitrogens with zero attached hydrogens (tertiary/aromatic N) is 3. The lowest BCUT2D eigenvalue weighted by atomic mass is 9.88. The van der Waals surface area contributed by atoms with Crippen LogP contribution in [0, 0.1) is 5.92 Å². The zero-order valence-electron chi connectivity index (χ0n) is 13.7. The molecular formula is C16H17F3N4OS. The van der Waals surface area contributed by atoms with E-state index in [0.29, 0.717) is 5.01 Å². The molecule has 134 valence electrons. The van der Waals surface area contributed by atoms with Gasteiger partial charge in [0.15, 0.2) is 0 Å². The van der Waals surface area contributed by atoms with Gasteiger partial charge in [0.25, 0.3) is 0 Å². The van der Waals surface area contributed by atoms with Gasteiger partial charge in [-0.25, -0.2) is 4.79 Å². The molecule has 9 heteroatoms. The molecule has 1 aromatic heterocycles. The first kappa shape index (κ1) is 17.7. The highest BCUT2D eigenvalue weighted by Crippen LogP contribution is 2.44. The van der Waals surface area contributed by atoms with E-state index >= 15 is 0 Å². The molecule has 1 aromatic carbocycles. The Morgan fingerprint density at radius 2 is 1.96 bits per heavy atom. The molecule has 5 nitrogen and oxygen atoms in total. The van der Waals surface area contributed by atoms with Crippen molar-refractivity contribution in [2.45, 2.75) is 32.0 Å². The average Bonchev–Trinajstić information content (AvgIpc) is 3.11. The number of carbonyl (C=O) groups is 1. The van der Waals surface area contributed by atoms with E-state index in [1.54, 1.807) is 0 Å². The van der Waals surface area contributed by atoms with Crippen molar-refractivity contribution < 1.29 is 18.0 Å². The maximum atomic E-state index is 13.1. The van der Waals surface area contributed by atoms with Gasteiger partial charge >= 0.3 is 12.2 Å². The van der Waals surface area contributed by atoms with Crippen molar-refractivity contribution in [3.05, 3.63) is 30.3 Å². The van der Waals surface area contributed by atoms with Crippen LogP contribution in [0.1, 0.15) is 20.3 Å². The number of hydrogen-bond acceptors (Lipinski definition) is 4. The van der Waals surface area contributed by atoms with E-state index in [4.69, 9.17) is 0 Å². The minimum atomic E-state index is -4.33. The van der Waals surface area contributed by atoms with Crippen LogP contribution in [-0.4, -0.2) is 39.4 Å². The van der Waals surface area contributed by atoms with Crippen LogP contribution in [0.2, 0.25) is 0 Å². The monoisotopic (exact) mass is 370 g/mol. The zero-order chi connectivity index (χ0) is 18.2. The normalized spacial score (nSPS) is 19.9. The Bertz CT molecular complexity index is 760. The number of alkyl halides is 3. The molecular weight excluding hydrogens is 353 g/mol. The Balaban J connectivity index is 1.72. The largest absolute Gasteiger partial charge is 0.394 e. The highest BCUT2D eigenvalue weighted by atomic mass is 32.1.